The highest BCUT2D eigenvalue weighted by atomic mass is 19.4. The average Bonchev–Trinajstić information content (AvgIpc) is 3.28. The predicted octanol–water partition coefficient (Wildman–Crippen LogP) is 1.86. The zero-order valence-electron chi connectivity index (χ0n) is 16.5. The van der Waals surface area contributed by atoms with Gasteiger partial charge in [0.1, 0.15) is 30.5 Å². The Labute approximate surface area is 179 Å². The summed E-state index contributed by atoms with van der Waals surface area (Å²) in [6, 6.07) is 6.93. The number of nitrogens with zero attached hydrogens (tertiary/aromatic N) is 4. The molecule has 2 amide bonds. The highest BCUT2D eigenvalue weighted by Gasteiger charge is 2.60. The lowest BCUT2D eigenvalue weighted by Gasteiger charge is -2.43. The molecule has 0 unspecified atom stereocenters. The van der Waals surface area contributed by atoms with Gasteiger partial charge in [0, 0.05) is 30.7 Å². The first-order chi connectivity index (χ1) is 15.2. The fourth-order valence-corrected chi connectivity index (χ4v) is 4.24. The summed E-state index contributed by atoms with van der Waals surface area (Å²) in [5, 5.41) is 8.51. The van der Waals surface area contributed by atoms with Crippen LogP contribution in [0.3, 0.4) is 0 Å². The minimum Gasteiger partial charge on any atom is -0.474 e. The van der Waals surface area contributed by atoms with Crippen LogP contribution in [0.5, 0.6) is 5.88 Å². The molecular formula is C20H17F3N6O3. The molecule has 1 aliphatic heterocycles. The molecule has 5 rings (SSSR count). The highest BCUT2D eigenvalue weighted by molar-refractivity contribution is 6.10. The first-order valence-electron chi connectivity index (χ1n) is 9.83. The van der Waals surface area contributed by atoms with Crippen molar-refractivity contribution in [1.82, 2.24) is 25.5 Å². The molecule has 0 aromatic carbocycles. The minimum absolute atomic E-state index is 0.288. The normalized spacial score (nSPS) is 22.2. The van der Waals surface area contributed by atoms with Crippen LogP contribution in [0, 0.1) is 0 Å². The molecule has 3 aromatic rings. The summed E-state index contributed by atoms with van der Waals surface area (Å²) in [7, 11) is 0. The van der Waals surface area contributed by atoms with Gasteiger partial charge in [-0.15, -0.1) is 0 Å². The minimum atomic E-state index is -4.53. The Balaban J connectivity index is 1.30. The maximum Gasteiger partial charge on any atom is 0.405 e. The monoisotopic (exact) mass is 446 g/mol. The number of carbonyl (C=O) groups excluding carboxylic acids is 2. The molecule has 166 valence electrons. The van der Waals surface area contributed by atoms with Gasteiger partial charge in [-0.3, -0.25) is 19.6 Å². The quantitative estimate of drug-likeness (QED) is 0.619. The fourth-order valence-electron chi connectivity index (χ4n) is 4.24. The van der Waals surface area contributed by atoms with E-state index in [1.54, 1.807) is 35.8 Å². The van der Waals surface area contributed by atoms with E-state index in [1.165, 1.54) is 6.20 Å². The Morgan fingerprint density at radius 2 is 2.12 bits per heavy atom. The maximum absolute atomic E-state index is 13.2. The molecule has 2 aliphatic rings. The average molecular weight is 446 g/mol. The van der Waals surface area contributed by atoms with E-state index in [0.29, 0.717) is 29.8 Å². The van der Waals surface area contributed by atoms with Crippen LogP contribution in [0.1, 0.15) is 18.4 Å². The van der Waals surface area contributed by atoms with Crippen molar-refractivity contribution >= 4 is 28.7 Å². The summed E-state index contributed by atoms with van der Waals surface area (Å²) in [6.07, 6.45) is -1.08. The van der Waals surface area contributed by atoms with Crippen molar-refractivity contribution in [2.24, 2.45) is 0 Å². The zero-order chi connectivity index (χ0) is 22.5. The van der Waals surface area contributed by atoms with Gasteiger partial charge >= 0.3 is 6.18 Å². The first kappa shape index (κ1) is 20.2. The molecule has 1 fully saturated rings. The summed E-state index contributed by atoms with van der Waals surface area (Å²) in [4.78, 5) is 35.0. The molecule has 0 radical (unpaired) electrons. The van der Waals surface area contributed by atoms with Crippen LogP contribution in [0.2, 0.25) is 0 Å². The van der Waals surface area contributed by atoms with Crippen molar-refractivity contribution in [3.8, 4) is 5.88 Å². The van der Waals surface area contributed by atoms with Crippen LogP contribution in [0.25, 0.3) is 11.0 Å². The number of fused-ring (bicyclic) bond motifs is 3. The second-order valence-corrected chi connectivity index (χ2v) is 7.84. The molecule has 12 heteroatoms. The molecule has 1 saturated carbocycles. The number of aromatic amines is 1. The molecule has 9 nitrogen and oxygen atoms in total. The summed E-state index contributed by atoms with van der Waals surface area (Å²) in [5.41, 5.74) is 1.15. The molecule has 2 N–H and O–H groups in total. The van der Waals surface area contributed by atoms with Crippen molar-refractivity contribution in [2.45, 2.75) is 30.5 Å². The molecule has 0 atom stereocenters. The van der Waals surface area contributed by atoms with E-state index in [-0.39, 0.29) is 17.8 Å². The second kappa shape index (κ2) is 7.18. The van der Waals surface area contributed by atoms with Gasteiger partial charge in [0.05, 0.1) is 17.1 Å². The SMILES string of the molecule is O=C(CN1C(=O)C2(CC(Oc3ccc4[nH]ncc4n3)C2)c2cccnc21)NCC(F)(F)F. The van der Waals surface area contributed by atoms with Crippen LogP contribution >= 0.6 is 0 Å². The largest absolute Gasteiger partial charge is 0.474 e. The van der Waals surface area contributed by atoms with Gasteiger partial charge in [0.25, 0.3) is 0 Å². The number of hydrogen-bond acceptors (Lipinski definition) is 6. The van der Waals surface area contributed by atoms with Crippen molar-refractivity contribution in [2.75, 3.05) is 18.0 Å². The Bertz CT molecular complexity index is 1200. The number of alkyl halides is 3. The van der Waals surface area contributed by atoms with Gasteiger partial charge in [-0.05, 0) is 12.1 Å². The Hall–Kier alpha value is -3.70. The molecule has 32 heavy (non-hydrogen) atoms. The third-order valence-corrected chi connectivity index (χ3v) is 5.71. The van der Waals surface area contributed by atoms with Crippen molar-refractivity contribution in [1.29, 1.82) is 0 Å². The predicted molar refractivity (Wildman–Crippen MR) is 105 cm³/mol. The van der Waals surface area contributed by atoms with Gasteiger partial charge in [-0.1, -0.05) is 6.07 Å². The molecule has 1 aliphatic carbocycles. The van der Waals surface area contributed by atoms with E-state index < -0.39 is 30.6 Å². The van der Waals surface area contributed by atoms with Crippen LogP contribution < -0.4 is 15.0 Å². The number of ether oxygens (including phenoxy) is 1. The summed E-state index contributed by atoms with van der Waals surface area (Å²) >= 11 is 0. The Morgan fingerprint density at radius 1 is 1.31 bits per heavy atom. The number of carbonyl (C=O) groups is 2. The maximum atomic E-state index is 13.2. The summed E-state index contributed by atoms with van der Waals surface area (Å²) < 4.78 is 43.1. The number of amides is 2. The lowest BCUT2D eigenvalue weighted by atomic mass is 9.63. The van der Waals surface area contributed by atoms with Crippen LogP contribution in [0.15, 0.2) is 36.7 Å². The van der Waals surface area contributed by atoms with Crippen LogP contribution in [0.4, 0.5) is 19.0 Å². The van der Waals surface area contributed by atoms with E-state index in [9.17, 15) is 22.8 Å². The fraction of sp³-hybridized carbons (Fsp3) is 0.350. The third-order valence-electron chi connectivity index (χ3n) is 5.71. The van der Waals surface area contributed by atoms with E-state index in [1.807, 2.05) is 0 Å². The number of pyridine rings is 2. The molecular weight excluding hydrogens is 429 g/mol. The molecule has 3 aromatic heterocycles. The van der Waals surface area contributed by atoms with Gasteiger partial charge in [-0.25, -0.2) is 9.97 Å². The topological polar surface area (TPSA) is 113 Å². The highest BCUT2D eigenvalue weighted by Crippen LogP contribution is 2.53. The van der Waals surface area contributed by atoms with E-state index >= 15 is 0 Å². The molecule has 0 bridgehead atoms. The Kier molecular flexibility index (Phi) is 4.53. The smallest absolute Gasteiger partial charge is 0.405 e. The zero-order valence-corrected chi connectivity index (χ0v) is 16.5. The van der Waals surface area contributed by atoms with Gasteiger partial charge < -0.3 is 10.1 Å². The van der Waals surface area contributed by atoms with Crippen molar-refractivity contribution in [3.05, 3.63) is 42.2 Å². The van der Waals surface area contributed by atoms with Crippen LogP contribution in [-0.4, -0.2) is 57.3 Å². The Morgan fingerprint density at radius 3 is 2.91 bits per heavy atom. The molecule has 1 spiro atoms. The molecule has 4 heterocycles. The number of hydrogen-bond donors (Lipinski definition) is 2. The van der Waals surface area contributed by atoms with E-state index in [4.69, 9.17) is 4.74 Å². The van der Waals surface area contributed by atoms with Crippen molar-refractivity contribution < 1.29 is 27.5 Å². The van der Waals surface area contributed by atoms with Gasteiger partial charge in [0.15, 0.2) is 0 Å². The summed E-state index contributed by atoms with van der Waals surface area (Å²) in [5.74, 6) is -0.587. The van der Waals surface area contributed by atoms with E-state index in [0.717, 1.165) is 10.4 Å². The third kappa shape index (κ3) is 3.41. The lowest BCUT2D eigenvalue weighted by molar-refractivity contribution is -0.138. The number of rotatable bonds is 5. The second-order valence-electron chi connectivity index (χ2n) is 7.84. The van der Waals surface area contributed by atoms with E-state index in [2.05, 4.69) is 20.2 Å². The number of nitrogens with one attached hydrogen (secondary N) is 2. The lowest BCUT2D eigenvalue weighted by Crippen LogP contribution is -2.55. The number of aromatic nitrogens is 4. The van der Waals surface area contributed by atoms with Gasteiger partial charge in [0.2, 0.25) is 17.7 Å². The standard InChI is InChI=1S/C20H17F3N6O3/c21-20(22,23)10-25-15(30)9-29-17-12(2-1-5-24-17)19(18(29)31)6-11(7-19)32-16-4-3-13-14(27-16)8-26-28-13/h1-5,8,11H,6-7,9-10H2,(H,25,30)(H,26,28). The number of anilines is 1. The van der Waals surface area contributed by atoms with Gasteiger partial charge in [-0.2, -0.15) is 18.3 Å². The summed E-state index contributed by atoms with van der Waals surface area (Å²) in [6.45, 7) is -2.00. The van der Waals surface area contributed by atoms with Crippen molar-refractivity contribution in [3.63, 3.8) is 0 Å². The first-order valence-corrected chi connectivity index (χ1v) is 9.83. The van der Waals surface area contributed by atoms with Crippen LogP contribution in [-0.2, 0) is 15.0 Å². The molecule has 0 saturated heterocycles. The number of H-pyrrole nitrogens is 1. The number of halogens is 3.